The molecule has 0 atom stereocenters. The van der Waals surface area contributed by atoms with Gasteiger partial charge in [-0.3, -0.25) is 4.79 Å². The Bertz CT molecular complexity index is 808. The predicted molar refractivity (Wildman–Crippen MR) is 107 cm³/mol. The molecule has 1 amide bonds. The number of anilines is 2. The minimum atomic E-state index is -0.479. The molecule has 1 fully saturated rings. The first-order valence-electron chi connectivity index (χ1n) is 9.16. The van der Waals surface area contributed by atoms with Crippen LogP contribution in [0.25, 0.3) is 0 Å². The Hall–Kier alpha value is -2.18. The third-order valence-electron chi connectivity index (χ3n) is 5.07. The van der Waals surface area contributed by atoms with Crippen LogP contribution < -0.4 is 10.2 Å². The van der Waals surface area contributed by atoms with E-state index < -0.39 is 11.7 Å². The number of likely N-dealkylation sites (tertiary alicyclic amines) is 1. The van der Waals surface area contributed by atoms with Crippen molar-refractivity contribution < 1.29 is 9.18 Å². The topological polar surface area (TPSA) is 48.5 Å². The summed E-state index contributed by atoms with van der Waals surface area (Å²) in [5.74, 6) is 0.361. The van der Waals surface area contributed by atoms with Crippen molar-refractivity contribution in [2.75, 3.05) is 36.9 Å². The van der Waals surface area contributed by atoms with Crippen molar-refractivity contribution in [2.24, 2.45) is 0 Å². The van der Waals surface area contributed by atoms with Gasteiger partial charge >= 0.3 is 0 Å². The Labute approximate surface area is 164 Å². The third-order valence-corrected chi connectivity index (χ3v) is 5.38. The Morgan fingerprint density at radius 3 is 2.74 bits per heavy atom. The molecular weight excluding hydrogens is 367 g/mol. The normalized spacial score (nSPS) is 15.6. The van der Waals surface area contributed by atoms with Crippen LogP contribution in [0.5, 0.6) is 0 Å². The highest BCUT2D eigenvalue weighted by atomic mass is 35.5. The number of piperidine rings is 1. The quantitative estimate of drug-likeness (QED) is 0.836. The Morgan fingerprint density at radius 1 is 1.33 bits per heavy atom. The molecule has 144 valence electrons. The molecule has 3 rings (SSSR count). The summed E-state index contributed by atoms with van der Waals surface area (Å²) in [4.78, 5) is 21.6. The molecule has 1 N–H and O–H groups in total. The second-order valence-electron chi connectivity index (χ2n) is 6.74. The largest absolute Gasteiger partial charge is 0.357 e. The number of carbonyl (C=O) groups excluding carboxylic acids is 1. The number of nitrogens with one attached hydrogen (secondary N) is 1. The molecule has 1 saturated heterocycles. The van der Waals surface area contributed by atoms with Crippen LogP contribution in [0.4, 0.5) is 16.0 Å². The number of hydrogen-bond acceptors (Lipinski definition) is 4. The van der Waals surface area contributed by atoms with Crippen LogP contribution in [0, 0.1) is 5.82 Å². The molecule has 2 aromatic rings. The number of hydrogen-bond donors (Lipinski definition) is 1. The molecule has 0 spiro atoms. The molecule has 1 aromatic heterocycles. The van der Waals surface area contributed by atoms with Gasteiger partial charge in [0.15, 0.2) is 0 Å². The van der Waals surface area contributed by atoms with Gasteiger partial charge in [0.2, 0.25) is 0 Å². The molecule has 1 aromatic carbocycles. The summed E-state index contributed by atoms with van der Waals surface area (Å²) in [5, 5.41) is 2.81. The lowest BCUT2D eigenvalue weighted by atomic mass is 10.0. The number of aromatic nitrogens is 1. The van der Waals surface area contributed by atoms with Crippen molar-refractivity contribution in [2.45, 2.75) is 25.8 Å². The van der Waals surface area contributed by atoms with Crippen LogP contribution in [-0.2, 0) is 0 Å². The lowest BCUT2D eigenvalue weighted by Gasteiger charge is -2.36. The van der Waals surface area contributed by atoms with E-state index in [1.807, 2.05) is 19.2 Å². The zero-order valence-corrected chi connectivity index (χ0v) is 16.3. The first-order valence-corrected chi connectivity index (χ1v) is 9.54. The maximum absolute atomic E-state index is 13.2. The van der Waals surface area contributed by atoms with Gasteiger partial charge in [0.1, 0.15) is 17.5 Å². The fraction of sp³-hybridized carbons (Fsp3) is 0.400. The van der Waals surface area contributed by atoms with Gasteiger partial charge < -0.3 is 15.1 Å². The Morgan fingerprint density at radius 2 is 2.07 bits per heavy atom. The zero-order valence-electron chi connectivity index (χ0n) is 15.6. The lowest BCUT2D eigenvalue weighted by Crippen LogP contribution is -2.43. The molecular formula is C20H24ClFN4O. The first-order chi connectivity index (χ1) is 13.0. The van der Waals surface area contributed by atoms with Crippen molar-refractivity contribution in [1.82, 2.24) is 9.88 Å². The summed E-state index contributed by atoms with van der Waals surface area (Å²) >= 11 is 5.96. The summed E-state index contributed by atoms with van der Waals surface area (Å²) in [6.45, 7) is 5.45. The van der Waals surface area contributed by atoms with Crippen LogP contribution >= 0.6 is 11.6 Å². The predicted octanol–water partition coefficient (Wildman–Crippen LogP) is 4.05. The van der Waals surface area contributed by atoms with Gasteiger partial charge in [-0.2, -0.15) is 0 Å². The van der Waals surface area contributed by atoms with E-state index in [2.05, 4.69) is 27.0 Å². The summed E-state index contributed by atoms with van der Waals surface area (Å²) in [5.41, 5.74) is 0.213. The number of nitrogens with zero attached hydrogens (tertiary/aromatic N) is 3. The molecule has 27 heavy (non-hydrogen) atoms. The number of rotatable bonds is 5. The van der Waals surface area contributed by atoms with E-state index in [4.69, 9.17) is 11.6 Å². The molecule has 1 aliphatic rings. The summed E-state index contributed by atoms with van der Waals surface area (Å²) < 4.78 is 13.2. The van der Waals surface area contributed by atoms with Gasteiger partial charge in [0, 0.05) is 26.2 Å². The SMILES string of the molecule is CCN1CCC(N(C)c2cccc(NC(=O)c3ccc(F)cc3Cl)n2)CC1. The highest BCUT2D eigenvalue weighted by molar-refractivity contribution is 6.34. The first kappa shape index (κ1) is 19.6. The standard InChI is InChI=1S/C20H24ClFN4O/c1-3-26-11-9-15(10-12-26)25(2)19-6-4-5-18(23-19)24-20(27)16-8-7-14(22)13-17(16)21/h4-8,13,15H,3,9-12H2,1-2H3,(H,23,24,27). The summed E-state index contributed by atoms with van der Waals surface area (Å²) in [6, 6.07) is 9.65. The minimum absolute atomic E-state index is 0.0726. The molecule has 0 bridgehead atoms. The molecule has 0 radical (unpaired) electrons. The fourth-order valence-corrected chi connectivity index (χ4v) is 3.61. The second kappa shape index (κ2) is 8.67. The number of pyridine rings is 1. The Balaban J connectivity index is 1.69. The average Bonchev–Trinajstić information content (AvgIpc) is 2.67. The molecule has 0 unspecified atom stereocenters. The number of halogens is 2. The zero-order chi connectivity index (χ0) is 19.4. The summed E-state index contributed by atoms with van der Waals surface area (Å²) in [7, 11) is 2.04. The van der Waals surface area contributed by atoms with Gasteiger partial charge in [-0.25, -0.2) is 9.37 Å². The molecule has 1 aliphatic heterocycles. The van der Waals surface area contributed by atoms with Gasteiger partial charge in [0.05, 0.1) is 10.6 Å². The highest BCUT2D eigenvalue weighted by Crippen LogP contribution is 2.23. The fourth-order valence-electron chi connectivity index (χ4n) is 3.36. The third kappa shape index (κ3) is 4.76. The van der Waals surface area contributed by atoms with E-state index in [1.165, 1.54) is 12.1 Å². The molecule has 5 nitrogen and oxygen atoms in total. The average molecular weight is 391 g/mol. The van der Waals surface area contributed by atoms with Crippen LogP contribution in [0.2, 0.25) is 5.02 Å². The molecule has 2 heterocycles. The minimum Gasteiger partial charge on any atom is -0.357 e. The van der Waals surface area contributed by atoms with Crippen LogP contribution in [0.1, 0.15) is 30.1 Å². The van der Waals surface area contributed by atoms with Crippen molar-refractivity contribution in [1.29, 1.82) is 0 Å². The van der Waals surface area contributed by atoms with Crippen LogP contribution in [-0.4, -0.2) is 48.5 Å². The van der Waals surface area contributed by atoms with E-state index in [0.29, 0.717) is 11.9 Å². The van der Waals surface area contributed by atoms with E-state index in [1.54, 1.807) is 6.07 Å². The van der Waals surface area contributed by atoms with Gasteiger partial charge in [-0.1, -0.05) is 24.6 Å². The molecule has 0 aliphatic carbocycles. The number of carbonyl (C=O) groups is 1. The van der Waals surface area contributed by atoms with Crippen LogP contribution in [0.3, 0.4) is 0 Å². The smallest absolute Gasteiger partial charge is 0.258 e. The maximum atomic E-state index is 13.2. The number of benzene rings is 1. The monoisotopic (exact) mass is 390 g/mol. The lowest BCUT2D eigenvalue weighted by molar-refractivity contribution is 0.102. The molecule has 0 saturated carbocycles. The second-order valence-corrected chi connectivity index (χ2v) is 7.14. The number of amides is 1. The highest BCUT2D eigenvalue weighted by Gasteiger charge is 2.22. The van der Waals surface area contributed by atoms with E-state index in [0.717, 1.165) is 44.4 Å². The van der Waals surface area contributed by atoms with Crippen molar-refractivity contribution in [3.05, 3.63) is 52.8 Å². The van der Waals surface area contributed by atoms with Crippen molar-refractivity contribution in [3.8, 4) is 0 Å². The van der Waals surface area contributed by atoms with E-state index in [9.17, 15) is 9.18 Å². The van der Waals surface area contributed by atoms with Gasteiger partial charge in [-0.15, -0.1) is 0 Å². The maximum Gasteiger partial charge on any atom is 0.258 e. The summed E-state index contributed by atoms with van der Waals surface area (Å²) in [6.07, 6.45) is 2.18. The van der Waals surface area contributed by atoms with E-state index >= 15 is 0 Å². The van der Waals surface area contributed by atoms with E-state index in [-0.39, 0.29) is 10.6 Å². The molecule has 7 heteroatoms. The van der Waals surface area contributed by atoms with Crippen molar-refractivity contribution in [3.63, 3.8) is 0 Å². The van der Waals surface area contributed by atoms with Crippen LogP contribution in [0.15, 0.2) is 36.4 Å². The Kier molecular flexibility index (Phi) is 6.29. The van der Waals surface area contributed by atoms with Gasteiger partial charge in [-0.05, 0) is 49.7 Å². The van der Waals surface area contributed by atoms with Crippen molar-refractivity contribution >= 4 is 29.1 Å². The van der Waals surface area contributed by atoms with Gasteiger partial charge in [0.25, 0.3) is 5.91 Å².